The summed E-state index contributed by atoms with van der Waals surface area (Å²) >= 11 is 5.65. The number of aromatic nitrogens is 4. The van der Waals surface area contributed by atoms with Crippen molar-refractivity contribution < 1.29 is 20.6 Å². The molecule has 1 fully saturated rings. The maximum atomic E-state index is 9.84. The van der Waals surface area contributed by atoms with Gasteiger partial charge in [0.1, 0.15) is 11.0 Å². The number of aliphatic hydroxyl groups excluding tert-OH is 2. The molecule has 0 saturated carbocycles. The number of anilines is 3. The first-order valence-corrected chi connectivity index (χ1v) is 12.1. The second-order valence-electron chi connectivity index (χ2n) is 7.92. The van der Waals surface area contributed by atoms with Gasteiger partial charge in [-0.15, -0.1) is 9.46 Å². The summed E-state index contributed by atoms with van der Waals surface area (Å²) < 4.78 is 1.48. The summed E-state index contributed by atoms with van der Waals surface area (Å²) in [5, 5.41) is 36.7. The standard InChI is InChI=1S/C13H23N5O2.C8H13ClN4O2/c14-13-16-12(17-7-3-1-4-8-17)10-11(18(13)20)15-6-2-5-9-19;9-6-5-7(11-3-1-2-4-14)13(15)8(10)12-6/h10,19-20H,1-9H2,(H2,14,16);5,14-15H,1-4H2,(H2,10,12). The van der Waals surface area contributed by atoms with E-state index in [1.54, 1.807) is 6.07 Å². The molecule has 3 heterocycles. The minimum atomic E-state index is -0.108. The Balaban J connectivity index is 0.000000258. The quantitative estimate of drug-likeness (QED) is 0.156. The number of nitrogens with two attached hydrogens (primary N) is 2. The van der Waals surface area contributed by atoms with Crippen molar-refractivity contribution in [2.45, 2.75) is 44.9 Å². The molecule has 3 rings (SSSR count). The Hall–Kier alpha value is -3.03. The molecule has 8 N–H and O–H groups in total. The topological polar surface area (TPSA) is 197 Å². The first-order chi connectivity index (χ1) is 16.9. The van der Waals surface area contributed by atoms with Crippen LogP contribution in [0.5, 0.6) is 0 Å². The molecule has 0 spiro atoms. The Morgan fingerprint density at radius 1 is 0.800 bits per heavy atom. The van der Waals surface area contributed by atoms with Crippen LogP contribution in [0.2, 0.25) is 5.15 Å². The van der Waals surface area contributed by atoms with Crippen LogP contribution in [0.25, 0.3) is 0 Å². The molecule has 13 nitrogen and oxygen atoms in total. The zero-order chi connectivity index (χ0) is 25.6. The highest BCUT2D eigenvalue weighted by atomic mass is 35.5. The molecule has 0 amide bonds. The zero-order valence-corrected chi connectivity index (χ0v) is 20.6. The van der Waals surface area contributed by atoms with E-state index in [0.29, 0.717) is 36.1 Å². The fourth-order valence-electron chi connectivity index (χ4n) is 3.31. The average Bonchev–Trinajstić information content (AvgIpc) is 2.85. The zero-order valence-electron chi connectivity index (χ0n) is 19.8. The molecule has 0 aliphatic carbocycles. The normalized spacial score (nSPS) is 14.7. The summed E-state index contributed by atoms with van der Waals surface area (Å²) in [4.78, 5) is 18.4. The molecule has 2 aromatic rings. The number of unbranched alkanes of at least 4 members (excludes halogenated alkanes) is 2. The van der Waals surface area contributed by atoms with Gasteiger partial charge >= 0.3 is 0 Å². The highest BCUT2D eigenvalue weighted by Gasteiger charge is 2.14. The lowest BCUT2D eigenvalue weighted by molar-refractivity contribution is 0.174. The predicted octanol–water partition coefficient (Wildman–Crippen LogP) is 0.395. The number of rotatable bonds is 9. The Kier molecular flexibility index (Phi) is 12.1. The molecule has 2 aromatic heterocycles. The van der Waals surface area contributed by atoms with Crippen LogP contribution in [-0.2, 0) is 0 Å². The highest BCUT2D eigenvalue weighted by molar-refractivity contribution is 6.29. The molecule has 1 aliphatic rings. The first-order valence-electron chi connectivity index (χ1n) is 11.7. The Bertz CT molecular complexity index is 1050. The van der Waals surface area contributed by atoms with Crippen LogP contribution in [0.3, 0.4) is 0 Å². The van der Waals surface area contributed by atoms with Gasteiger partial charge in [-0.1, -0.05) is 11.6 Å². The van der Waals surface area contributed by atoms with E-state index < -0.39 is 0 Å². The van der Waals surface area contributed by atoms with Gasteiger partial charge in [0, 0.05) is 51.5 Å². The maximum Gasteiger partial charge on any atom is 0.238 e. The summed E-state index contributed by atoms with van der Waals surface area (Å²) in [6, 6.07) is 3.18. The smallest absolute Gasteiger partial charge is 0.238 e. The second kappa shape index (κ2) is 15.1. The van der Waals surface area contributed by atoms with Crippen LogP contribution >= 0.6 is 11.6 Å². The molecule has 0 unspecified atom stereocenters. The van der Waals surface area contributed by atoms with Crippen LogP contribution in [0.4, 0.5) is 17.7 Å². The Morgan fingerprint density at radius 2 is 1.31 bits per heavy atom. The summed E-state index contributed by atoms with van der Waals surface area (Å²) in [5.74, 6) is 0.714. The molecule has 0 radical (unpaired) electrons. The lowest BCUT2D eigenvalue weighted by Gasteiger charge is -2.27. The summed E-state index contributed by atoms with van der Waals surface area (Å²) in [6.45, 7) is 3.25. The molecule has 0 atom stereocenters. The second-order valence-corrected chi connectivity index (χ2v) is 8.31. The third-order valence-corrected chi connectivity index (χ3v) is 5.38. The van der Waals surface area contributed by atoms with Crippen LogP contribution in [0.1, 0.15) is 44.9 Å². The van der Waals surface area contributed by atoms with E-state index in [9.17, 15) is 10.4 Å². The third-order valence-electron chi connectivity index (χ3n) is 5.18. The van der Waals surface area contributed by atoms with Crippen molar-refractivity contribution in [3.05, 3.63) is 28.3 Å². The molecule has 0 bridgehead atoms. The number of piperidine rings is 1. The predicted molar refractivity (Wildman–Crippen MR) is 132 cm³/mol. The molecule has 0 aromatic carbocycles. The van der Waals surface area contributed by atoms with Gasteiger partial charge in [0.15, 0.2) is 11.0 Å². The lowest BCUT2D eigenvalue weighted by atomic mass is 10.1. The molecular formula is C21H36ClN9O4. The van der Waals surface area contributed by atoms with Gasteiger partial charge in [-0.05, 0) is 44.9 Å². The highest BCUT2D eigenvalue weighted by Crippen LogP contribution is 2.16. The molecular weight excluding hydrogens is 478 g/mol. The molecule has 196 valence electrons. The van der Waals surface area contributed by atoms with Gasteiger partial charge in [-0.25, -0.2) is 4.98 Å². The largest absolute Gasteiger partial charge is 0.423 e. The fourth-order valence-corrected chi connectivity index (χ4v) is 3.49. The molecule has 1 saturated heterocycles. The van der Waals surface area contributed by atoms with Crippen molar-refractivity contribution in [2.75, 3.05) is 55.8 Å². The van der Waals surface area contributed by atoms with E-state index in [-0.39, 0.29) is 35.8 Å². The minimum Gasteiger partial charge on any atom is -0.423 e. The minimum absolute atomic E-state index is 0.0500. The van der Waals surface area contributed by atoms with Gasteiger partial charge in [-0.3, -0.25) is 9.98 Å². The lowest BCUT2D eigenvalue weighted by Crippen LogP contribution is -2.33. The molecule has 1 aliphatic heterocycles. The number of nitrogen functional groups attached to an aromatic ring is 2. The van der Waals surface area contributed by atoms with Crippen molar-refractivity contribution in [2.24, 2.45) is 9.98 Å². The van der Waals surface area contributed by atoms with Gasteiger partial charge in [0.2, 0.25) is 11.9 Å². The van der Waals surface area contributed by atoms with Crippen molar-refractivity contribution in [3.8, 4) is 0 Å². The van der Waals surface area contributed by atoms with Gasteiger partial charge in [-0.2, -0.15) is 4.98 Å². The average molecular weight is 514 g/mol. The summed E-state index contributed by atoms with van der Waals surface area (Å²) in [7, 11) is 0. The molecule has 35 heavy (non-hydrogen) atoms. The van der Waals surface area contributed by atoms with Gasteiger partial charge < -0.3 is 37.0 Å². The maximum absolute atomic E-state index is 9.84. The van der Waals surface area contributed by atoms with E-state index in [2.05, 4.69) is 24.9 Å². The number of aliphatic hydroxyl groups is 2. The van der Waals surface area contributed by atoms with Crippen LogP contribution < -0.4 is 27.3 Å². The van der Waals surface area contributed by atoms with Crippen molar-refractivity contribution in [1.82, 2.24) is 19.4 Å². The third kappa shape index (κ3) is 9.26. The van der Waals surface area contributed by atoms with Crippen LogP contribution in [0.15, 0.2) is 22.1 Å². The number of hydrogen-bond donors (Lipinski definition) is 6. The van der Waals surface area contributed by atoms with Crippen LogP contribution in [-0.4, -0.2) is 79.4 Å². The monoisotopic (exact) mass is 513 g/mol. The van der Waals surface area contributed by atoms with E-state index in [1.807, 2.05) is 0 Å². The van der Waals surface area contributed by atoms with E-state index in [4.69, 9.17) is 33.3 Å². The van der Waals surface area contributed by atoms with Crippen molar-refractivity contribution in [3.63, 3.8) is 0 Å². The number of hydrogen-bond acceptors (Lipinski definition) is 11. The Morgan fingerprint density at radius 3 is 1.86 bits per heavy atom. The fraction of sp³-hybridized carbons (Fsp3) is 0.619. The Labute approximate surface area is 208 Å². The number of nitrogens with zero attached hydrogens (tertiary/aromatic N) is 7. The summed E-state index contributed by atoms with van der Waals surface area (Å²) in [6.07, 6.45) is 6.43. The molecule has 14 heteroatoms. The summed E-state index contributed by atoms with van der Waals surface area (Å²) in [5.41, 5.74) is 11.8. The van der Waals surface area contributed by atoms with E-state index >= 15 is 0 Å². The number of halogens is 1. The van der Waals surface area contributed by atoms with Gasteiger partial charge in [0.05, 0.1) is 0 Å². The van der Waals surface area contributed by atoms with Crippen LogP contribution in [0, 0.1) is 0 Å². The SMILES string of the molecule is Nc1nc(Cl)cc(=NCCCCO)n1O.Nc1nc(N2CCCCC2)cc(=NCCCCO)n1O. The van der Waals surface area contributed by atoms with E-state index in [1.165, 1.54) is 12.5 Å². The van der Waals surface area contributed by atoms with E-state index in [0.717, 1.165) is 49.3 Å². The van der Waals surface area contributed by atoms with Crippen molar-refractivity contribution in [1.29, 1.82) is 0 Å². The van der Waals surface area contributed by atoms with Crippen molar-refractivity contribution >= 4 is 29.3 Å². The van der Waals surface area contributed by atoms with Gasteiger partial charge in [0.25, 0.3) is 0 Å². The first kappa shape index (κ1) is 28.2.